The van der Waals surface area contributed by atoms with Crippen LogP contribution in [0.4, 0.5) is 11.4 Å². The highest BCUT2D eigenvalue weighted by molar-refractivity contribution is 6.31. The fourth-order valence-corrected chi connectivity index (χ4v) is 2.53. The zero-order valence-electron chi connectivity index (χ0n) is 13.7. The first kappa shape index (κ1) is 18.0. The van der Waals surface area contributed by atoms with Gasteiger partial charge in [-0.1, -0.05) is 59.6 Å². The first-order valence-electron chi connectivity index (χ1n) is 7.88. The second-order valence-corrected chi connectivity index (χ2v) is 6.30. The zero-order chi connectivity index (χ0) is 18.2. The SMILES string of the molecule is Clc1cccc(NN=Cc2ccc(C=NNc3cccc(Cl)c3)cc2)c1. The molecule has 0 fully saturated rings. The van der Waals surface area contributed by atoms with Crippen LogP contribution in [-0.4, -0.2) is 12.4 Å². The van der Waals surface area contributed by atoms with Gasteiger partial charge in [0.15, 0.2) is 0 Å². The highest BCUT2D eigenvalue weighted by Gasteiger charge is 1.93. The van der Waals surface area contributed by atoms with Crippen molar-refractivity contribution < 1.29 is 0 Å². The molecule has 0 bridgehead atoms. The predicted molar refractivity (Wildman–Crippen MR) is 112 cm³/mol. The van der Waals surface area contributed by atoms with E-state index in [1.165, 1.54) is 0 Å². The molecule has 0 unspecified atom stereocenters. The first-order valence-corrected chi connectivity index (χ1v) is 8.64. The van der Waals surface area contributed by atoms with Gasteiger partial charge in [-0.15, -0.1) is 0 Å². The largest absolute Gasteiger partial charge is 0.278 e. The Morgan fingerprint density at radius 2 is 1.04 bits per heavy atom. The van der Waals surface area contributed by atoms with Crippen LogP contribution in [0.2, 0.25) is 10.0 Å². The number of anilines is 2. The molecule has 2 N–H and O–H groups in total. The van der Waals surface area contributed by atoms with Crippen molar-refractivity contribution in [3.05, 3.63) is 94.0 Å². The highest BCUT2D eigenvalue weighted by Crippen LogP contribution is 2.15. The second kappa shape index (κ2) is 9.04. The maximum atomic E-state index is 5.93. The third-order valence-electron chi connectivity index (χ3n) is 3.40. The van der Waals surface area contributed by atoms with E-state index in [2.05, 4.69) is 21.1 Å². The van der Waals surface area contributed by atoms with E-state index in [0.29, 0.717) is 10.0 Å². The lowest BCUT2D eigenvalue weighted by atomic mass is 10.2. The zero-order valence-corrected chi connectivity index (χ0v) is 15.2. The molecular formula is C20H16Cl2N4. The summed E-state index contributed by atoms with van der Waals surface area (Å²) in [5, 5.41) is 9.73. The molecular weight excluding hydrogens is 367 g/mol. The summed E-state index contributed by atoms with van der Waals surface area (Å²) >= 11 is 11.9. The molecule has 3 rings (SSSR count). The summed E-state index contributed by atoms with van der Waals surface area (Å²) in [5.74, 6) is 0. The van der Waals surface area contributed by atoms with Gasteiger partial charge >= 0.3 is 0 Å². The van der Waals surface area contributed by atoms with E-state index in [-0.39, 0.29) is 0 Å². The summed E-state index contributed by atoms with van der Waals surface area (Å²) in [4.78, 5) is 0. The Labute approximate surface area is 162 Å². The molecule has 6 heteroatoms. The molecule has 3 aromatic rings. The molecule has 0 spiro atoms. The summed E-state index contributed by atoms with van der Waals surface area (Å²) in [6.45, 7) is 0. The topological polar surface area (TPSA) is 48.8 Å². The third-order valence-corrected chi connectivity index (χ3v) is 3.87. The maximum absolute atomic E-state index is 5.93. The smallest absolute Gasteiger partial charge is 0.0576 e. The van der Waals surface area contributed by atoms with Gasteiger partial charge in [0.2, 0.25) is 0 Å². The Morgan fingerprint density at radius 3 is 1.42 bits per heavy atom. The van der Waals surface area contributed by atoms with Gasteiger partial charge in [0.1, 0.15) is 0 Å². The summed E-state index contributed by atoms with van der Waals surface area (Å²) in [7, 11) is 0. The number of rotatable bonds is 6. The van der Waals surface area contributed by atoms with Crippen molar-refractivity contribution in [1.29, 1.82) is 0 Å². The van der Waals surface area contributed by atoms with Crippen LogP contribution >= 0.6 is 23.2 Å². The standard InChI is InChI=1S/C20H16Cl2N4/c21-17-3-1-5-19(11-17)25-23-13-15-7-9-16(10-8-15)14-24-26-20-6-2-4-18(22)12-20/h1-14,25-26H. The molecule has 0 atom stereocenters. The van der Waals surface area contributed by atoms with E-state index < -0.39 is 0 Å². The molecule has 0 radical (unpaired) electrons. The van der Waals surface area contributed by atoms with Crippen LogP contribution in [0.25, 0.3) is 0 Å². The van der Waals surface area contributed by atoms with Crippen molar-refractivity contribution in [2.24, 2.45) is 10.2 Å². The van der Waals surface area contributed by atoms with Crippen molar-refractivity contribution in [1.82, 2.24) is 0 Å². The molecule has 0 aliphatic rings. The molecule has 26 heavy (non-hydrogen) atoms. The van der Waals surface area contributed by atoms with Gasteiger partial charge in [0.05, 0.1) is 23.8 Å². The Morgan fingerprint density at radius 1 is 0.615 bits per heavy atom. The van der Waals surface area contributed by atoms with Gasteiger partial charge < -0.3 is 0 Å². The lowest BCUT2D eigenvalue weighted by Crippen LogP contribution is -1.92. The molecule has 0 heterocycles. The van der Waals surface area contributed by atoms with E-state index in [1.54, 1.807) is 12.4 Å². The van der Waals surface area contributed by atoms with Crippen LogP contribution < -0.4 is 10.9 Å². The molecule has 130 valence electrons. The van der Waals surface area contributed by atoms with E-state index in [9.17, 15) is 0 Å². The van der Waals surface area contributed by atoms with E-state index >= 15 is 0 Å². The molecule has 0 saturated carbocycles. The fourth-order valence-electron chi connectivity index (χ4n) is 2.15. The molecule has 0 amide bonds. The monoisotopic (exact) mass is 382 g/mol. The number of benzene rings is 3. The Balaban J connectivity index is 1.54. The molecule has 0 aliphatic carbocycles. The third kappa shape index (κ3) is 5.62. The lowest BCUT2D eigenvalue weighted by molar-refractivity contribution is 1.34. The van der Waals surface area contributed by atoms with E-state index in [1.807, 2.05) is 72.8 Å². The van der Waals surface area contributed by atoms with Gasteiger partial charge in [-0.25, -0.2) is 0 Å². The number of hydrazone groups is 2. The maximum Gasteiger partial charge on any atom is 0.0576 e. The number of nitrogens with one attached hydrogen (secondary N) is 2. The number of nitrogens with zero attached hydrogens (tertiary/aromatic N) is 2. The van der Waals surface area contributed by atoms with Gasteiger partial charge in [0, 0.05) is 10.0 Å². The van der Waals surface area contributed by atoms with Crippen LogP contribution in [0.1, 0.15) is 11.1 Å². The van der Waals surface area contributed by atoms with E-state index in [0.717, 1.165) is 22.5 Å². The van der Waals surface area contributed by atoms with Gasteiger partial charge in [-0.3, -0.25) is 10.9 Å². The predicted octanol–water partition coefficient (Wildman–Crippen LogP) is 5.89. The Kier molecular flexibility index (Phi) is 6.25. The van der Waals surface area contributed by atoms with Crippen LogP contribution in [0.15, 0.2) is 83.0 Å². The molecule has 4 nitrogen and oxygen atoms in total. The average Bonchev–Trinajstić information content (AvgIpc) is 2.63. The van der Waals surface area contributed by atoms with Crippen LogP contribution in [0.5, 0.6) is 0 Å². The molecule has 0 aromatic heterocycles. The fraction of sp³-hybridized carbons (Fsp3) is 0. The number of hydrogen-bond acceptors (Lipinski definition) is 4. The van der Waals surface area contributed by atoms with Crippen LogP contribution in [-0.2, 0) is 0 Å². The van der Waals surface area contributed by atoms with Gasteiger partial charge in [0.25, 0.3) is 0 Å². The highest BCUT2D eigenvalue weighted by atomic mass is 35.5. The molecule has 0 saturated heterocycles. The molecule has 0 aliphatic heterocycles. The second-order valence-electron chi connectivity index (χ2n) is 5.43. The number of hydrogen-bond donors (Lipinski definition) is 2. The summed E-state index contributed by atoms with van der Waals surface area (Å²) in [5.41, 5.74) is 9.51. The van der Waals surface area contributed by atoms with Crippen molar-refractivity contribution >= 4 is 47.0 Å². The normalized spacial score (nSPS) is 11.2. The first-order chi connectivity index (χ1) is 12.7. The lowest BCUT2D eigenvalue weighted by Gasteiger charge is -2.01. The van der Waals surface area contributed by atoms with Crippen molar-refractivity contribution in [3.8, 4) is 0 Å². The minimum atomic E-state index is 0.667. The average molecular weight is 383 g/mol. The van der Waals surface area contributed by atoms with Gasteiger partial charge in [-0.2, -0.15) is 10.2 Å². The minimum Gasteiger partial charge on any atom is -0.278 e. The summed E-state index contributed by atoms with van der Waals surface area (Å²) in [6, 6.07) is 22.6. The van der Waals surface area contributed by atoms with Gasteiger partial charge in [-0.05, 0) is 47.5 Å². The minimum absolute atomic E-state index is 0.667. The Hall–Kier alpha value is -2.82. The summed E-state index contributed by atoms with van der Waals surface area (Å²) < 4.78 is 0. The van der Waals surface area contributed by atoms with Crippen molar-refractivity contribution in [3.63, 3.8) is 0 Å². The number of halogens is 2. The van der Waals surface area contributed by atoms with Crippen LogP contribution in [0.3, 0.4) is 0 Å². The van der Waals surface area contributed by atoms with Crippen molar-refractivity contribution in [2.45, 2.75) is 0 Å². The summed E-state index contributed by atoms with van der Waals surface area (Å²) in [6.07, 6.45) is 3.48. The van der Waals surface area contributed by atoms with Crippen molar-refractivity contribution in [2.75, 3.05) is 10.9 Å². The molecule has 3 aromatic carbocycles. The quantitative estimate of drug-likeness (QED) is 0.412. The Bertz CT molecular complexity index is 845. The van der Waals surface area contributed by atoms with E-state index in [4.69, 9.17) is 23.2 Å². The van der Waals surface area contributed by atoms with Crippen LogP contribution in [0, 0.1) is 0 Å².